The molecule has 2 nitrogen and oxygen atoms in total. The lowest BCUT2D eigenvalue weighted by Gasteiger charge is -2.44. The normalized spacial score (nSPS) is 20.2. The molecule has 0 saturated heterocycles. The molecular formula is C18H36O2Si. The van der Waals surface area contributed by atoms with E-state index in [2.05, 4.69) is 60.6 Å². The lowest BCUT2D eigenvalue weighted by Crippen LogP contribution is -2.49. The highest BCUT2D eigenvalue weighted by Gasteiger charge is 2.42. The monoisotopic (exact) mass is 312 g/mol. The summed E-state index contributed by atoms with van der Waals surface area (Å²) in [5.74, 6) is 2.97. The highest BCUT2D eigenvalue weighted by Crippen LogP contribution is 2.40. The Hall–Kier alpha value is -0.303. The summed E-state index contributed by atoms with van der Waals surface area (Å²) in [7, 11) is -1.86. The minimum absolute atomic E-state index is 0.0418. The van der Waals surface area contributed by atoms with Crippen molar-refractivity contribution in [1.29, 1.82) is 0 Å². The molecule has 0 unspecified atom stereocenters. The van der Waals surface area contributed by atoms with Gasteiger partial charge in [0.2, 0.25) is 0 Å². The van der Waals surface area contributed by atoms with E-state index in [0.29, 0.717) is 5.92 Å². The zero-order valence-corrected chi connectivity index (χ0v) is 16.5. The van der Waals surface area contributed by atoms with Gasteiger partial charge in [-0.2, -0.15) is 0 Å². The van der Waals surface area contributed by atoms with Crippen molar-refractivity contribution in [3.8, 4) is 12.3 Å². The van der Waals surface area contributed by atoms with Gasteiger partial charge < -0.3 is 9.53 Å². The Labute approximate surface area is 133 Å². The topological polar surface area (TPSA) is 29.5 Å². The van der Waals surface area contributed by atoms with Crippen LogP contribution in [0.5, 0.6) is 0 Å². The molecule has 0 amide bonds. The van der Waals surface area contributed by atoms with Gasteiger partial charge in [0.1, 0.15) is 0 Å². The van der Waals surface area contributed by atoms with Crippen LogP contribution in [0.3, 0.4) is 0 Å². The highest BCUT2D eigenvalue weighted by atomic mass is 28.4. The van der Waals surface area contributed by atoms with Gasteiger partial charge in [-0.3, -0.25) is 0 Å². The van der Waals surface area contributed by atoms with Gasteiger partial charge in [0.05, 0.1) is 12.2 Å². The maximum atomic E-state index is 10.5. The molecule has 0 radical (unpaired) electrons. The smallest absolute Gasteiger partial charge is 0.192 e. The molecule has 0 fully saturated rings. The summed E-state index contributed by atoms with van der Waals surface area (Å²) in [4.78, 5) is 0. The van der Waals surface area contributed by atoms with Gasteiger partial charge in [-0.15, -0.1) is 12.3 Å². The molecule has 1 N–H and O–H groups in total. The van der Waals surface area contributed by atoms with Crippen molar-refractivity contribution >= 4 is 8.32 Å². The van der Waals surface area contributed by atoms with E-state index < -0.39 is 14.4 Å². The first-order valence-electron chi connectivity index (χ1n) is 8.21. The predicted octanol–water partition coefficient (Wildman–Crippen LogP) is 4.69. The number of aliphatic hydroxyl groups is 1. The Morgan fingerprint density at radius 3 is 2.00 bits per heavy atom. The summed E-state index contributed by atoms with van der Waals surface area (Å²) in [5, 5.41) is 10.7. The van der Waals surface area contributed by atoms with Crippen LogP contribution in [0.25, 0.3) is 0 Å². The van der Waals surface area contributed by atoms with E-state index in [4.69, 9.17) is 10.8 Å². The van der Waals surface area contributed by atoms with Crippen molar-refractivity contribution in [3.05, 3.63) is 0 Å². The van der Waals surface area contributed by atoms with Crippen LogP contribution < -0.4 is 0 Å². The van der Waals surface area contributed by atoms with Crippen LogP contribution in [0.15, 0.2) is 0 Å². The van der Waals surface area contributed by atoms with Crippen molar-refractivity contribution in [2.75, 3.05) is 0 Å². The summed E-state index contributed by atoms with van der Waals surface area (Å²) in [6.07, 6.45) is 6.06. The van der Waals surface area contributed by atoms with Crippen LogP contribution in [0.1, 0.15) is 54.9 Å². The van der Waals surface area contributed by atoms with Gasteiger partial charge in [0.25, 0.3) is 0 Å². The van der Waals surface area contributed by atoms with E-state index in [0.717, 1.165) is 6.42 Å². The Kier molecular flexibility index (Phi) is 7.69. The maximum Gasteiger partial charge on any atom is 0.192 e. The summed E-state index contributed by atoms with van der Waals surface area (Å²) < 4.78 is 6.64. The molecule has 3 heteroatoms. The van der Waals surface area contributed by atoms with Gasteiger partial charge in [-0.25, -0.2) is 0 Å². The fourth-order valence-corrected chi connectivity index (χ4v) is 3.72. The minimum atomic E-state index is -1.86. The Bertz CT molecular complexity index is 351. The zero-order chi connectivity index (χ0) is 17.0. The zero-order valence-electron chi connectivity index (χ0n) is 15.5. The molecule has 0 rings (SSSR count). The van der Waals surface area contributed by atoms with Crippen LogP contribution >= 0.6 is 0 Å². The lowest BCUT2D eigenvalue weighted by atomic mass is 9.84. The maximum absolute atomic E-state index is 10.5. The summed E-state index contributed by atoms with van der Waals surface area (Å²) in [5.41, 5.74) is 0. The van der Waals surface area contributed by atoms with E-state index in [1.807, 2.05) is 6.92 Å². The van der Waals surface area contributed by atoms with Crippen molar-refractivity contribution < 1.29 is 9.53 Å². The van der Waals surface area contributed by atoms with Gasteiger partial charge in [-0.05, 0) is 31.0 Å². The summed E-state index contributed by atoms with van der Waals surface area (Å²) in [6, 6.07) is 0. The van der Waals surface area contributed by atoms with Crippen molar-refractivity contribution in [1.82, 2.24) is 0 Å². The molecule has 21 heavy (non-hydrogen) atoms. The third-order valence-corrected chi connectivity index (χ3v) is 9.75. The fraction of sp³-hybridized carbons (Fsp3) is 0.889. The standard InChI is InChI=1S/C18H36O2Si/c1-11-13(3)16(19)15(5)17(14(4)12-2)20-21(9,10)18(6,7)8/h1,13-17,19H,12H2,2-10H3/t13-,14-,15-,16-,17-/m1/s1. The molecule has 0 saturated carbocycles. The van der Waals surface area contributed by atoms with Gasteiger partial charge in [0.15, 0.2) is 8.32 Å². The van der Waals surface area contributed by atoms with Gasteiger partial charge in [-0.1, -0.05) is 48.0 Å². The second kappa shape index (κ2) is 7.81. The Morgan fingerprint density at radius 1 is 1.19 bits per heavy atom. The van der Waals surface area contributed by atoms with Crippen LogP contribution in [0.4, 0.5) is 0 Å². The van der Waals surface area contributed by atoms with E-state index in [1.165, 1.54) is 0 Å². The highest BCUT2D eigenvalue weighted by molar-refractivity contribution is 6.74. The van der Waals surface area contributed by atoms with Crippen LogP contribution in [0, 0.1) is 30.1 Å². The molecule has 0 aromatic carbocycles. The van der Waals surface area contributed by atoms with E-state index in [9.17, 15) is 5.11 Å². The predicted molar refractivity (Wildman–Crippen MR) is 94.7 cm³/mol. The van der Waals surface area contributed by atoms with Gasteiger partial charge in [0, 0.05) is 11.8 Å². The van der Waals surface area contributed by atoms with Crippen LogP contribution in [-0.2, 0) is 4.43 Å². The first-order chi connectivity index (χ1) is 9.39. The minimum Gasteiger partial charge on any atom is -0.413 e. The van der Waals surface area contributed by atoms with Crippen LogP contribution in [-0.4, -0.2) is 25.6 Å². The summed E-state index contributed by atoms with van der Waals surface area (Å²) >= 11 is 0. The second-order valence-corrected chi connectivity index (χ2v) is 12.8. The number of aliphatic hydroxyl groups excluding tert-OH is 1. The molecule has 0 aliphatic carbocycles. The van der Waals surface area contributed by atoms with Crippen molar-refractivity contribution in [2.24, 2.45) is 17.8 Å². The number of terminal acetylenes is 1. The van der Waals surface area contributed by atoms with Crippen molar-refractivity contribution in [2.45, 2.75) is 85.2 Å². The average Bonchev–Trinajstić information content (AvgIpc) is 2.40. The molecule has 0 aliphatic rings. The SMILES string of the molecule is C#C[C@@H](C)[C@@H](O)[C@@H](C)[C@H](O[Si](C)(C)C(C)(C)C)[C@H](C)CC. The third-order valence-electron chi connectivity index (χ3n) is 5.27. The number of rotatable bonds is 7. The second-order valence-electron chi connectivity index (χ2n) is 8.03. The van der Waals surface area contributed by atoms with E-state index in [1.54, 1.807) is 0 Å². The Balaban J connectivity index is 5.29. The molecule has 0 spiro atoms. The summed E-state index contributed by atoms with van der Waals surface area (Å²) in [6.45, 7) is 19.6. The molecule has 0 aliphatic heterocycles. The molecule has 0 heterocycles. The number of hydrogen-bond donors (Lipinski definition) is 1. The van der Waals surface area contributed by atoms with Crippen molar-refractivity contribution in [3.63, 3.8) is 0 Å². The van der Waals surface area contributed by atoms with E-state index >= 15 is 0 Å². The van der Waals surface area contributed by atoms with Gasteiger partial charge >= 0.3 is 0 Å². The molecular weight excluding hydrogens is 276 g/mol. The number of hydrogen-bond acceptors (Lipinski definition) is 2. The third kappa shape index (κ3) is 5.43. The molecule has 5 atom stereocenters. The first-order valence-corrected chi connectivity index (χ1v) is 11.1. The molecule has 0 aromatic heterocycles. The molecule has 0 bridgehead atoms. The Morgan fingerprint density at radius 2 is 1.67 bits per heavy atom. The fourth-order valence-electron chi connectivity index (χ4n) is 2.24. The average molecular weight is 313 g/mol. The molecule has 124 valence electrons. The van der Waals surface area contributed by atoms with Crippen LogP contribution in [0.2, 0.25) is 18.1 Å². The molecule has 0 aromatic rings. The quantitative estimate of drug-likeness (QED) is 0.546. The van der Waals surface area contributed by atoms with E-state index in [-0.39, 0.29) is 23.0 Å². The largest absolute Gasteiger partial charge is 0.413 e. The lowest BCUT2D eigenvalue weighted by molar-refractivity contribution is -0.0125. The first kappa shape index (κ1) is 20.7.